The maximum Gasteiger partial charge on any atom is 0.417 e. The van der Waals surface area contributed by atoms with Crippen molar-refractivity contribution in [2.45, 2.75) is 52.5 Å². The third-order valence-electron chi connectivity index (χ3n) is 9.09. The molecule has 2 aliphatic heterocycles. The number of hydrogen-bond donors (Lipinski definition) is 0. The van der Waals surface area contributed by atoms with Crippen LogP contribution in [0.1, 0.15) is 62.5 Å². The molecular formula is C42H37N3O+2. The molecule has 1 unspecified atom stereocenters. The molecule has 0 amide bonds. The van der Waals surface area contributed by atoms with Gasteiger partial charge in [0.2, 0.25) is 17.1 Å². The normalized spacial score (nSPS) is 19.0. The first-order chi connectivity index (χ1) is 24.6. The van der Waals surface area contributed by atoms with Gasteiger partial charge in [0, 0.05) is 48.5 Å². The van der Waals surface area contributed by atoms with Crippen LogP contribution in [0.4, 0.5) is 0 Å². The molecular weight excluding hydrogens is 562 g/mol. The van der Waals surface area contributed by atoms with Gasteiger partial charge in [0.1, 0.15) is 16.7 Å². The Morgan fingerprint density at radius 1 is 0.761 bits per heavy atom. The molecule has 9 rings (SSSR count). The topological polar surface area (TPSA) is 33.8 Å². The van der Waals surface area contributed by atoms with E-state index >= 15 is 0 Å². The molecule has 46 heavy (non-hydrogen) atoms. The third-order valence-corrected chi connectivity index (χ3v) is 9.09. The SMILES string of the molecule is [2H]C([2H])(c1cc[n+]2c(c1)-c1c(ccc3c1oc1nc(C([2H])([2H])C([2H])([2H])c4ccccc4)ccc13)C21c2ccccc2-c2ccc(C)c[n+]21)C(C)(C)C. The van der Waals surface area contributed by atoms with Crippen LogP contribution >= 0.6 is 0 Å². The van der Waals surface area contributed by atoms with Gasteiger partial charge in [-0.05, 0) is 85.0 Å². The van der Waals surface area contributed by atoms with Crippen molar-refractivity contribution in [1.29, 1.82) is 0 Å². The van der Waals surface area contributed by atoms with Crippen LogP contribution in [0.15, 0.2) is 120 Å². The smallest absolute Gasteiger partial charge is 0.417 e. The van der Waals surface area contributed by atoms with E-state index in [0.717, 1.165) is 44.6 Å². The fraction of sp³-hybridized carbons (Fsp3) is 0.214. The Bertz CT molecular complexity index is 2630. The van der Waals surface area contributed by atoms with Gasteiger partial charge < -0.3 is 4.42 Å². The Hall–Kier alpha value is -5.09. The van der Waals surface area contributed by atoms with Crippen LogP contribution in [0, 0.1) is 12.3 Å². The van der Waals surface area contributed by atoms with Gasteiger partial charge in [0.25, 0.3) is 0 Å². The fourth-order valence-electron chi connectivity index (χ4n) is 7.36. The van der Waals surface area contributed by atoms with Crippen molar-refractivity contribution in [2.75, 3.05) is 0 Å². The van der Waals surface area contributed by atoms with E-state index in [0.29, 0.717) is 16.5 Å². The van der Waals surface area contributed by atoms with Crippen LogP contribution in [0.2, 0.25) is 0 Å². The van der Waals surface area contributed by atoms with Gasteiger partial charge >= 0.3 is 5.66 Å². The van der Waals surface area contributed by atoms with E-state index in [1.807, 2.05) is 45.2 Å². The maximum atomic E-state index is 9.23. The lowest BCUT2D eigenvalue weighted by Gasteiger charge is -2.19. The Kier molecular flexibility index (Phi) is 4.56. The lowest BCUT2D eigenvalue weighted by molar-refractivity contribution is -0.955. The lowest BCUT2D eigenvalue weighted by atomic mass is 9.88. The minimum absolute atomic E-state index is 0.0684. The molecule has 0 saturated carbocycles. The van der Waals surface area contributed by atoms with E-state index in [4.69, 9.17) is 9.90 Å². The molecule has 1 spiro atoms. The molecule has 1 atom stereocenters. The van der Waals surface area contributed by atoms with Crippen molar-refractivity contribution in [3.8, 4) is 22.5 Å². The zero-order valence-electron chi connectivity index (χ0n) is 32.2. The van der Waals surface area contributed by atoms with Gasteiger partial charge in [-0.25, -0.2) is 4.98 Å². The molecule has 0 saturated heterocycles. The van der Waals surface area contributed by atoms with Crippen molar-refractivity contribution in [3.63, 3.8) is 0 Å². The minimum atomic E-state index is -2.48. The number of nitrogens with zero attached hydrogens (tertiary/aromatic N) is 3. The largest absolute Gasteiger partial charge is 0.437 e. The summed E-state index contributed by atoms with van der Waals surface area (Å²) >= 11 is 0. The van der Waals surface area contributed by atoms with E-state index < -0.39 is 30.2 Å². The van der Waals surface area contributed by atoms with Crippen LogP contribution in [-0.4, -0.2) is 4.98 Å². The summed E-state index contributed by atoms with van der Waals surface area (Å²) in [6.07, 6.45) is -2.33. The molecule has 6 heterocycles. The van der Waals surface area contributed by atoms with Crippen molar-refractivity contribution in [2.24, 2.45) is 5.41 Å². The average molecular weight is 606 g/mol. The number of hydrogen-bond acceptors (Lipinski definition) is 2. The molecule has 0 fully saturated rings. The predicted octanol–water partition coefficient (Wildman–Crippen LogP) is 8.50. The molecule has 0 radical (unpaired) electrons. The summed E-state index contributed by atoms with van der Waals surface area (Å²) in [5.74, 6) is 0. The summed E-state index contributed by atoms with van der Waals surface area (Å²) in [5.41, 5.74) is 6.86. The third kappa shape index (κ3) is 3.89. The lowest BCUT2D eigenvalue weighted by Crippen LogP contribution is -2.71. The number of rotatable bonds is 4. The average Bonchev–Trinajstić information content (AvgIpc) is 3.74. The standard InChI is InChI=1S/C42H37N3O/c1-27-14-21-36-33-12-8-9-13-34(33)42(45(36)26-27)35-20-19-31-32-18-17-30(16-15-28-10-6-5-7-11-28)43-40(32)46-39(31)38(35)37-24-29(22-23-44(37)42)25-41(2,3)4/h5-14,17-24,26H,15-16,25H2,1-4H3/q+2/i15D2,16D2,25D2. The highest BCUT2D eigenvalue weighted by Crippen LogP contribution is 2.50. The van der Waals surface area contributed by atoms with Crippen LogP contribution < -0.4 is 9.13 Å². The molecule has 4 heteroatoms. The molecule has 0 N–H and O–H groups in total. The second-order valence-corrected chi connectivity index (χ2v) is 13.4. The fourth-order valence-corrected chi connectivity index (χ4v) is 7.36. The molecule has 4 nitrogen and oxygen atoms in total. The first-order valence-electron chi connectivity index (χ1n) is 18.7. The number of benzene rings is 3. The van der Waals surface area contributed by atoms with Crippen LogP contribution in [0.5, 0.6) is 0 Å². The number of aromatic nitrogens is 3. The van der Waals surface area contributed by atoms with E-state index in [2.05, 4.69) is 69.7 Å². The van der Waals surface area contributed by atoms with Crippen molar-refractivity contribution >= 4 is 22.1 Å². The highest BCUT2D eigenvalue weighted by atomic mass is 16.3. The van der Waals surface area contributed by atoms with Gasteiger partial charge in [0.05, 0.1) is 5.56 Å². The number of furan rings is 1. The summed E-state index contributed by atoms with van der Waals surface area (Å²) in [4.78, 5) is 4.67. The van der Waals surface area contributed by atoms with Gasteiger partial charge in [-0.15, -0.1) is 9.13 Å². The molecule has 0 aliphatic carbocycles. The minimum Gasteiger partial charge on any atom is -0.437 e. The van der Waals surface area contributed by atoms with Crippen molar-refractivity contribution in [3.05, 3.63) is 149 Å². The summed E-state index contributed by atoms with van der Waals surface area (Å²) in [5, 5.41) is 1.47. The van der Waals surface area contributed by atoms with Crippen LogP contribution in [-0.2, 0) is 24.8 Å². The maximum absolute atomic E-state index is 9.23. The molecule has 3 aromatic carbocycles. The summed E-state index contributed by atoms with van der Waals surface area (Å²) in [6.45, 7) is 7.80. The number of fused-ring (bicyclic) bond motifs is 14. The van der Waals surface area contributed by atoms with Crippen LogP contribution in [0.3, 0.4) is 0 Å². The molecule has 0 bridgehead atoms. The summed E-state index contributed by atoms with van der Waals surface area (Å²) in [7, 11) is 0. The first-order valence-corrected chi connectivity index (χ1v) is 15.7. The van der Waals surface area contributed by atoms with Crippen LogP contribution in [0.25, 0.3) is 44.6 Å². The Morgan fingerprint density at radius 3 is 2.41 bits per heavy atom. The van der Waals surface area contributed by atoms with Gasteiger partial charge in [-0.1, -0.05) is 63.2 Å². The highest BCUT2D eigenvalue weighted by Gasteiger charge is 2.67. The van der Waals surface area contributed by atoms with E-state index in [1.165, 1.54) is 0 Å². The Labute approximate surface area is 278 Å². The Morgan fingerprint density at radius 2 is 1.57 bits per heavy atom. The quantitative estimate of drug-likeness (QED) is 0.189. The predicted molar refractivity (Wildman–Crippen MR) is 183 cm³/mol. The van der Waals surface area contributed by atoms with E-state index in [9.17, 15) is 2.74 Å². The first kappa shape index (κ1) is 21.6. The molecule has 4 aromatic heterocycles. The summed E-state index contributed by atoms with van der Waals surface area (Å²) < 4.78 is 65.3. The summed E-state index contributed by atoms with van der Waals surface area (Å²) in [6, 6.07) is 32.3. The van der Waals surface area contributed by atoms with E-state index in [-0.39, 0.29) is 17.0 Å². The van der Waals surface area contributed by atoms with Gasteiger partial charge in [-0.3, -0.25) is 0 Å². The number of aryl methyl sites for hydroxylation is 3. The van der Waals surface area contributed by atoms with Gasteiger partial charge in [-0.2, -0.15) is 0 Å². The second kappa shape index (κ2) is 9.70. The zero-order valence-corrected chi connectivity index (χ0v) is 26.2. The molecule has 2 aliphatic rings. The zero-order chi connectivity index (χ0) is 36.6. The number of pyridine rings is 3. The van der Waals surface area contributed by atoms with Gasteiger partial charge in [0.15, 0.2) is 18.0 Å². The molecule has 224 valence electrons. The van der Waals surface area contributed by atoms with Crippen molar-refractivity contribution in [1.82, 2.24) is 4.98 Å². The highest BCUT2D eigenvalue weighted by molar-refractivity contribution is 6.09. The van der Waals surface area contributed by atoms with E-state index in [1.54, 1.807) is 42.5 Å². The molecule has 7 aromatic rings. The second-order valence-electron chi connectivity index (χ2n) is 13.4. The monoisotopic (exact) mass is 605 g/mol. The Balaban J connectivity index is 1.34. The van der Waals surface area contributed by atoms with Crippen molar-refractivity contribution < 1.29 is 21.8 Å².